The fourth-order valence-corrected chi connectivity index (χ4v) is 4.98. The standard InChI is InChI=1S/C31H33N3O4/c1-36-23-13-8-20(9-14-23)10-17-30(35)32-21-11-15-27-25(18-21)31(24-6-4-5-7-26(24)34-27)33-22-12-16-28(37-2)29(19-22)38-3/h8-9,11-16,18-19H,4-7,10,17H2,1-3H3,(H,32,35)(H,33,34). The van der Waals surface area contributed by atoms with Crippen molar-refractivity contribution in [3.8, 4) is 17.2 Å². The fraction of sp³-hybridized carbons (Fsp3) is 0.290. The van der Waals surface area contributed by atoms with Crippen molar-refractivity contribution < 1.29 is 19.0 Å². The van der Waals surface area contributed by atoms with Crippen molar-refractivity contribution >= 4 is 33.9 Å². The van der Waals surface area contributed by atoms with E-state index in [-0.39, 0.29) is 5.91 Å². The van der Waals surface area contributed by atoms with Crippen LogP contribution >= 0.6 is 0 Å². The van der Waals surface area contributed by atoms with Crippen molar-refractivity contribution in [2.45, 2.75) is 38.5 Å². The summed E-state index contributed by atoms with van der Waals surface area (Å²) < 4.78 is 16.1. The lowest BCUT2D eigenvalue weighted by molar-refractivity contribution is -0.116. The third-order valence-electron chi connectivity index (χ3n) is 7.00. The van der Waals surface area contributed by atoms with E-state index >= 15 is 0 Å². The number of amides is 1. The van der Waals surface area contributed by atoms with E-state index < -0.39 is 0 Å². The Balaban J connectivity index is 1.41. The molecule has 5 rings (SSSR count). The highest BCUT2D eigenvalue weighted by Crippen LogP contribution is 2.38. The van der Waals surface area contributed by atoms with Crippen LogP contribution < -0.4 is 24.8 Å². The second kappa shape index (κ2) is 11.4. The van der Waals surface area contributed by atoms with E-state index in [1.54, 1.807) is 21.3 Å². The minimum atomic E-state index is -0.0273. The second-order valence-electron chi connectivity index (χ2n) is 9.44. The first-order chi connectivity index (χ1) is 18.6. The molecule has 7 nitrogen and oxygen atoms in total. The molecule has 0 atom stereocenters. The Labute approximate surface area is 223 Å². The third-order valence-corrected chi connectivity index (χ3v) is 7.00. The molecule has 7 heteroatoms. The van der Waals surface area contributed by atoms with Crippen LogP contribution in [0.3, 0.4) is 0 Å². The van der Waals surface area contributed by atoms with Crippen LogP contribution in [0.5, 0.6) is 17.2 Å². The first kappa shape index (κ1) is 25.4. The Kier molecular flexibility index (Phi) is 7.63. The van der Waals surface area contributed by atoms with Gasteiger partial charge < -0.3 is 24.8 Å². The van der Waals surface area contributed by atoms with Gasteiger partial charge in [-0.2, -0.15) is 0 Å². The van der Waals surface area contributed by atoms with E-state index in [9.17, 15) is 4.79 Å². The molecule has 2 N–H and O–H groups in total. The molecule has 0 radical (unpaired) electrons. The number of aromatic nitrogens is 1. The van der Waals surface area contributed by atoms with Crippen LogP contribution in [0.4, 0.5) is 17.1 Å². The lowest BCUT2D eigenvalue weighted by Gasteiger charge is -2.22. The zero-order valence-electron chi connectivity index (χ0n) is 22.1. The molecule has 1 aromatic heterocycles. The summed E-state index contributed by atoms with van der Waals surface area (Å²) in [4.78, 5) is 17.8. The molecule has 1 amide bonds. The summed E-state index contributed by atoms with van der Waals surface area (Å²) in [6.45, 7) is 0. The van der Waals surface area contributed by atoms with Gasteiger partial charge in [0.05, 0.1) is 32.5 Å². The van der Waals surface area contributed by atoms with Gasteiger partial charge in [0.2, 0.25) is 5.91 Å². The largest absolute Gasteiger partial charge is 0.497 e. The molecule has 1 aliphatic rings. The second-order valence-corrected chi connectivity index (χ2v) is 9.44. The highest BCUT2D eigenvalue weighted by atomic mass is 16.5. The maximum Gasteiger partial charge on any atom is 0.224 e. The number of carbonyl (C=O) groups excluding carboxylic acids is 1. The molecule has 0 fully saturated rings. The summed E-state index contributed by atoms with van der Waals surface area (Å²) in [7, 11) is 4.91. The minimum absolute atomic E-state index is 0.0273. The maximum absolute atomic E-state index is 12.8. The van der Waals surface area contributed by atoms with Gasteiger partial charge in [-0.05, 0) is 85.7 Å². The maximum atomic E-state index is 12.8. The van der Waals surface area contributed by atoms with Gasteiger partial charge >= 0.3 is 0 Å². The molecule has 196 valence electrons. The number of hydrogen-bond acceptors (Lipinski definition) is 6. The number of anilines is 3. The summed E-state index contributed by atoms with van der Waals surface area (Å²) >= 11 is 0. The number of fused-ring (bicyclic) bond motifs is 2. The van der Waals surface area contributed by atoms with Crippen LogP contribution in [-0.4, -0.2) is 32.2 Å². The number of nitrogens with one attached hydrogen (secondary N) is 2. The van der Waals surface area contributed by atoms with Crippen molar-refractivity contribution in [2.24, 2.45) is 0 Å². The number of hydrogen-bond donors (Lipinski definition) is 2. The normalized spacial score (nSPS) is 12.5. The Bertz CT molecular complexity index is 1450. The van der Waals surface area contributed by atoms with Gasteiger partial charge in [0.1, 0.15) is 5.75 Å². The fourth-order valence-electron chi connectivity index (χ4n) is 4.98. The Morgan fingerprint density at radius 3 is 2.37 bits per heavy atom. The Morgan fingerprint density at radius 2 is 1.61 bits per heavy atom. The smallest absolute Gasteiger partial charge is 0.224 e. The lowest BCUT2D eigenvalue weighted by Crippen LogP contribution is -2.13. The predicted octanol–water partition coefficient (Wildman–Crippen LogP) is 6.45. The molecular weight excluding hydrogens is 478 g/mol. The molecule has 38 heavy (non-hydrogen) atoms. The van der Waals surface area contributed by atoms with Crippen molar-refractivity contribution in [1.29, 1.82) is 0 Å². The number of benzene rings is 3. The quantitative estimate of drug-likeness (QED) is 0.269. The molecular formula is C31H33N3O4. The average molecular weight is 512 g/mol. The SMILES string of the molecule is COc1ccc(CCC(=O)Nc2ccc3nc4c(c(Nc5ccc(OC)c(OC)c5)c3c2)CCCC4)cc1. The first-order valence-electron chi connectivity index (χ1n) is 13.0. The molecule has 1 heterocycles. The van der Waals surface area contributed by atoms with Crippen molar-refractivity contribution in [3.63, 3.8) is 0 Å². The highest BCUT2D eigenvalue weighted by molar-refractivity contribution is 6.00. The van der Waals surface area contributed by atoms with E-state index in [1.807, 2.05) is 60.7 Å². The summed E-state index contributed by atoms with van der Waals surface area (Å²) in [6.07, 6.45) is 5.25. The van der Waals surface area contributed by atoms with Crippen molar-refractivity contribution in [1.82, 2.24) is 4.98 Å². The van der Waals surface area contributed by atoms with E-state index in [0.717, 1.165) is 70.7 Å². The number of pyridine rings is 1. The Hall–Kier alpha value is -4.26. The van der Waals surface area contributed by atoms with Crippen LogP contribution in [0.1, 0.15) is 36.1 Å². The number of carbonyl (C=O) groups is 1. The minimum Gasteiger partial charge on any atom is -0.497 e. The number of aryl methyl sites for hydroxylation is 2. The Morgan fingerprint density at radius 1 is 0.842 bits per heavy atom. The molecule has 3 aromatic carbocycles. The monoisotopic (exact) mass is 511 g/mol. The topological polar surface area (TPSA) is 81.7 Å². The summed E-state index contributed by atoms with van der Waals surface area (Å²) in [5.41, 5.74) is 7.07. The molecule has 4 aromatic rings. The van der Waals surface area contributed by atoms with Crippen molar-refractivity contribution in [2.75, 3.05) is 32.0 Å². The molecule has 0 unspecified atom stereocenters. The summed E-state index contributed by atoms with van der Waals surface area (Å²) in [6, 6.07) is 19.6. The molecule has 1 aliphatic carbocycles. The van der Waals surface area contributed by atoms with E-state index in [0.29, 0.717) is 24.3 Å². The molecule has 0 spiro atoms. The number of nitrogens with zero attached hydrogens (tertiary/aromatic N) is 1. The van der Waals surface area contributed by atoms with Gasteiger partial charge in [-0.15, -0.1) is 0 Å². The van der Waals surface area contributed by atoms with Crippen LogP contribution in [0.15, 0.2) is 60.7 Å². The summed E-state index contributed by atoms with van der Waals surface area (Å²) in [5.74, 6) is 2.12. The van der Waals surface area contributed by atoms with Crippen LogP contribution in [-0.2, 0) is 24.1 Å². The number of rotatable bonds is 9. The number of ether oxygens (including phenoxy) is 3. The first-order valence-corrected chi connectivity index (χ1v) is 13.0. The van der Waals surface area contributed by atoms with Gasteiger partial charge in [0, 0.05) is 34.9 Å². The van der Waals surface area contributed by atoms with Crippen LogP contribution in [0, 0.1) is 0 Å². The van der Waals surface area contributed by atoms with Gasteiger partial charge in [0.15, 0.2) is 11.5 Å². The molecule has 0 bridgehead atoms. The van der Waals surface area contributed by atoms with Gasteiger partial charge in [-0.1, -0.05) is 12.1 Å². The van der Waals surface area contributed by atoms with E-state index in [1.165, 1.54) is 5.56 Å². The van der Waals surface area contributed by atoms with Gasteiger partial charge in [0.25, 0.3) is 0 Å². The third kappa shape index (κ3) is 5.52. The lowest BCUT2D eigenvalue weighted by atomic mass is 9.92. The predicted molar refractivity (Wildman–Crippen MR) is 151 cm³/mol. The van der Waals surface area contributed by atoms with E-state index in [2.05, 4.69) is 10.6 Å². The summed E-state index contributed by atoms with van der Waals surface area (Å²) in [5, 5.41) is 7.69. The zero-order valence-corrected chi connectivity index (χ0v) is 22.1. The highest BCUT2D eigenvalue weighted by Gasteiger charge is 2.19. The number of methoxy groups -OCH3 is 3. The van der Waals surface area contributed by atoms with Crippen LogP contribution in [0.25, 0.3) is 10.9 Å². The van der Waals surface area contributed by atoms with Crippen molar-refractivity contribution in [3.05, 3.63) is 77.5 Å². The molecule has 0 saturated heterocycles. The zero-order chi connectivity index (χ0) is 26.5. The van der Waals surface area contributed by atoms with Gasteiger partial charge in [-0.25, -0.2) is 0 Å². The van der Waals surface area contributed by atoms with Gasteiger partial charge in [-0.3, -0.25) is 9.78 Å². The van der Waals surface area contributed by atoms with E-state index in [4.69, 9.17) is 19.2 Å². The average Bonchev–Trinajstić information content (AvgIpc) is 2.96. The molecule has 0 saturated carbocycles. The van der Waals surface area contributed by atoms with Crippen LogP contribution in [0.2, 0.25) is 0 Å². The molecule has 0 aliphatic heterocycles.